The molecule has 0 saturated carbocycles. The molecule has 4 N–H and O–H groups in total. The Hall–Kier alpha value is -3.66. The number of ether oxygens (including phenoxy) is 2. The number of nitrogens with one attached hydrogen (secondary N) is 1. The van der Waals surface area contributed by atoms with Crippen LogP contribution in [0.25, 0.3) is 0 Å². The molecule has 10 nitrogen and oxygen atoms in total. The number of allylic oxidation sites excluding steroid dienone is 4. The molecular formula is C33H38BrN3O7S. The highest BCUT2D eigenvalue weighted by atomic mass is 79.9. The van der Waals surface area contributed by atoms with Crippen molar-refractivity contribution in [3.63, 3.8) is 0 Å². The van der Waals surface area contributed by atoms with Crippen molar-refractivity contribution in [2.45, 2.75) is 77.6 Å². The lowest BCUT2D eigenvalue weighted by molar-refractivity contribution is -0.117. The zero-order chi connectivity index (χ0) is 33.1. The molecule has 0 saturated heterocycles. The molecule has 3 unspecified atom stereocenters. The fourth-order valence-electron chi connectivity index (χ4n) is 6.31. The summed E-state index contributed by atoms with van der Waals surface area (Å²) in [7, 11) is -4.39. The minimum Gasteiger partial charge on any atom is -0.490 e. The molecule has 0 bridgehead atoms. The summed E-state index contributed by atoms with van der Waals surface area (Å²) >= 11 is 3.60. The fraction of sp³-hybridized carbons (Fsp3) is 0.424. The molecule has 2 aromatic carbocycles. The van der Waals surface area contributed by atoms with Gasteiger partial charge in [-0.25, -0.2) is 0 Å². The maximum Gasteiger partial charge on any atom is 0.271 e. The van der Waals surface area contributed by atoms with Crippen molar-refractivity contribution in [2.75, 3.05) is 6.61 Å². The third-order valence-corrected chi connectivity index (χ3v) is 10.2. The van der Waals surface area contributed by atoms with E-state index in [1.807, 2.05) is 13.8 Å². The Morgan fingerprint density at radius 2 is 1.93 bits per heavy atom. The van der Waals surface area contributed by atoms with Gasteiger partial charge in [0.05, 0.1) is 28.6 Å². The number of carbonyl (C=O) groups is 2. The van der Waals surface area contributed by atoms with E-state index in [1.165, 1.54) is 18.2 Å². The van der Waals surface area contributed by atoms with Gasteiger partial charge in [-0.3, -0.25) is 14.1 Å². The second-order valence-electron chi connectivity index (χ2n) is 11.3. The monoisotopic (exact) mass is 699 g/mol. The number of nitrogens with two attached hydrogens (primary N) is 1. The van der Waals surface area contributed by atoms with E-state index < -0.39 is 27.2 Å². The minimum absolute atomic E-state index is 0.0241. The van der Waals surface area contributed by atoms with Gasteiger partial charge in [0.1, 0.15) is 11.9 Å². The van der Waals surface area contributed by atoms with Crippen LogP contribution in [-0.4, -0.2) is 31.3 Å². The first-order valence-corrected chi connectivity index (χ1v) is 17.3. The topological polar surface area (TPSA) is 169 Å². The summed E-state index contributed by atoms with van der Waals surface area (Å²) in [5.74, 6) is -0.374. The molecule has 0 fully saturated rings. The van der Waals surface area contributed by atoms with Gasteiger partial charge in [0, 0.05) is 34.5 Å². The number of nitrogens with zero attached hydrogens (tertiary/aromatic N) is 1. The van der Waals surface area contributed by atoms with Crippen LogP contribution in [0, 0.1) is 17.2 Å². The van der Waals surface area contributed by atoms with Gasteiger partial charge in [-0.2, -0.15) is 13.7 Å². The van der Waals surface area contributed by atoms with Crippen molar-refractivity contribution >= 4 is 37.7 Å². The second kappa shape index (κ2) is 14.2. The number of rotatable bonds is 12. The Labute approximate surface area is 272 Å². The molecule has 3 atom stereocenters. The fourth-order valence-corrected chi connectivity index (χ4v) is 7.80. The molecule has 0 radical (unpaired) electrons. The number of benzene rings is 2. The molecular weight excluding hydrogens is 662 g/mol. The van der Waals surface area contributed by atoms with Gasteiger partial charge < -0.3 is 20.5 Å². The first kappa shape index (κ1) is 34.2. The van der Waals surface area contributed by atoms with Crippen LogP contribution in [0.5, 0.6) is 11.5 Å². The second-order valence-corrected chi connectivity index (χ2v) is 13.8. The number of amides is 1. The normalized spacial score (nSPS) is 19.0. The Balaban J connectivity index is 1.76. The molecule has 2 aliphatic rings. The van der Waals surface area contributed by atoms with E-state index in [4.69, 9.17) is 15.2 Å². The maximum absolute atomic E-state index is 13.5. The average molecular weight is 701 g/mol. The first-order chi connectivity index (χ1) is 21.3. The summed E-state index contributed by atoms with van der Waals surface area (Å²) < 4.78 is 46.3. The summed E-state index contributed by atoms with van der Waals surface area (Å²) in [6.07, 6.45) is 3.22. The molecule has 45 heavy (non-hydrogen) atoms. The van der Waals surface area contributed by atoms with Crippen molar-refractivity contribution in [1.82, 2.24) is 5.32 Å². The van der Waals surface area contributed by atoms with Crippen molar-refractivity contribution in [3.05, 3.63) is 79.6 Å². The summed E-state index contributed by atoms with van der Waals surface area (Å²) in [5.41, 5.74) is 9.65. The van der Waals surface area contributed by atoms with Gasteiger partial charge in [0.15, 0.2) is 17.3 Å². The lowest BCUT2D eigenvalue weighted by atomic mass is 9.72. The van der Waals surface area contributed by atoms with Crippen molar-refractivity contribution < 1.29 is 32.0 Å². The van der Waals surface area contributed by atoms with Gasteiger partial charge in [-0.1, -0.05) is 32.4 Å². The van der Waals surface area contributed by atoms with Crippen LogP contribution in [-0.2, 0) is 21.5 Å². The lowest BCUT2D eigenvalue weighted by Gasteiger charge is -2.35. The van der Waals surface area contributed by atoms with E-state index in [0.29, 0.717) is 62.5 Å². The summed E-state index contributed by atoms with van der Waals surface area (Å²) in [5, 5.41) is 12.3. The molecule has 1 aliphatic heterocycles. The van der Waals surface area contributed by atoms with Crippen LogP contribution in [0.2, 0.25) is 0 Å². The zero-order valence-corrected chi connectivity index (χ0v) is 28.2. The average Bonchev–Trinajstić information content (AvgIpc) is 2.95. The van der Waals surface area contributed by atoms with Gasteiger partial charge in [0.25, 0.3) is 10.1 Å². The number of carbonyl (C=O) groups excluding carboxylic acids is 2. The predicted molar refractivity (Wildman–Crippen MR) is 173 cm³/mol. The van der Waals surface area contributed by atoms with Crippen LogP contribution in [0.15, 0.2) is 57.3 Å². The van der Waals surface area contributed by atoms with Crippen molar-refractivity contribution in [1.29, 1.82) is 5.26 Å². The van der Waals surface area contributed by atoms with E-state index in [2.05, 4.69) is 34.2 Å². The highest BCUT2D eigenvalue weighted by Crippen LogP contribution is 2.47. The highest BCUT2D eigenvalue weighted by Gasteiger charge is 2.39. The molecule has 1 aliphatic carbocycles. The number of Topliss-reactive ketones (excluding diaryl/α,β-unsaturated/α-hetero) is 1. The summed E-state index contributed by atoms with van der Waals surface area (Å²) in [4.78, 5) is 25.8. The minimum atomic E-state index is -4.39. The van der Waals surface area contributed by atoms with Crippen molar-refractivity contribution in [3.8, 4) is 17.6 Å². The largest absolute Gasteiger partial charge is 0.490 e. The van der Waals surface area contributed by atoms with Crippen LogP contribution in [0.1, 0.15) is 98.0 Å². The predicted octanol–water partition coefficient (Wildman–Crippen LogP) is 6.38. The highest BCUT2D eigenvalue weighted by molar-refractivity contribution is 9.10. The van der Waals surface area contributed by atoms with E-state index in [1.54, 1.807) is 19.1 Å². The van der Waals surface area contributed by atoms with E-state index in [-0.39, 0.29) is 30.3 Å². The van der Waals surface area contributed by atoms with Crippen LogP contribution < -0.4 is 20.5 Å². The quantitative estimate of drug-likeness (QED) is 0.213. The van der Waals surface area contributed by atoms with E-state index in [9.17, 15) is 27.8 Å². The molecule has 0 spiro atoms. The third kappa shape index (κ3) is 7.27. The van der Waals surface area contributed by atoms with Gasteiger partial charge in [-0.15, -0.1) is 0 Å². The van der Waals surface area contributed by atoms with Gasteiger partial charge in [0.2, 0.25) is 5.91 Å². The Bertz CT molecular complexity index is 1730. The summed E-state index contributed by atoms with van der Waals surface area (Å²) in [6, 6.07) is 10.2. The lowest BCUT2D eigenvalue weighted by Crippen LogP contribution is -2.34. The summed E-state index contributed by atoms with van der Waals surface area (Å²) in [6.45, 7) is 7.51. The number of ketones is 1. The number of nitriles is 1. The standard InChI is InChI=1S/C33H38BrN3O7S/c1-5-8-19-11-26-31(27(38)12-19)30(24(16-35)18(4)37-26)21-14-25(34)32(28(15-21)43-7-3)44-17-22-13-20(9-10-23(22)33(36)39)29(6-2)45(40,41)42/h9-10,13-15,19,29-30,37H,5-8,11-12,17H2,1-4H3,(H2,36,39)(H,40,41,42). The van der Waals surface area contributed by atoms with Crippen LogP contribution in [0.3, 0.4) is 0 Å². The van der Waals surface area contributed by atoms with Gasteiger partial charge in [-0.05, 0) is 84.3 Å². The Morgan fingerprint density at radius 1 is 1.20 bits per heavy atom. The first-order valence-electron chi connectivity index (χ1n) is 15.0. The third-order valence-electron chi connectivity index (χ3n) is 8.26. The van der Waals surface area contributed by atoms with E-state index >= 15 is 0 Å². The molecule has 240 valence electrons. The number of hydrogen-bond acceptors (Lipinski definition) is 8. The number of hydrogen-bond donors (Lipinski definition) is 3. The smallest absolute Gasteiger partial charge is 0.271 e. The number of dihydropyridines is 1. The number of halogens is 1. The SMILES string of the molecule is CCCC1CC(=O)C2=C(C1)NC(C)=C(C#N)C2c1cc(Br)c(OCc2cc(C(CC)S(=O)(=O)O)ccc2C(N)=O)c(OCC)c1. The molecule has 1 heterocycles. The Kier molecular flexibility index (Phi) is 10.8. The van der Waals surface area contributed by atoms with Crippen molar-refractivity contribution in [2.24, 2.45) is 11.7 Å². The molecule has 2 aromatic rings. The molecule has 0 aromatic heterocycles. The van der Waals surface area contributed by atoms with Crippen LogP contribution in [0.4, 0.5) is 0 Å². The number of primary amides is 1. The Morgan fingerprint density at radius 3 is 2.53 bits per heavy atom. The molecule has 12 heteroatoms. The molecule has 4 rings (SSSR count). The molecule has 1 amide bonds. The maximum atomic E-state index is 13.5. The van der Waals surface area contributed by atoms with Gasteiger partial charge >= 0.3 is 0 Å². The van der Waals surface area contributed by atoms with E-state index in [0.717, 1.165) is 25.0 Å². The zero-order valence-electron chi connectivity index (χ0n) is 25.8. The van der Waals surface area contributed by atoms with Crippen LogP contribution >= 0.6 is 15.9 Å².